The highest BCUT2D eigenvalue weighted by molar-refractivity contribution is 5.79. The van der Waals surface area contributed by atoms with Gasteiger partial charge in [0.2, 0.25) is 23.6 Å². The molecule has 4 amide bonds. The zero-order valence-corrected chi connectivity index (χ0v) is 23.9. The van der Waals surface area contributed by atoms with Crippen LogP contribution in [-0.4, -0.2) is 121 Å². The van der Waals surface area contributed by atoms with E-state index in [0.29, 0.717) is 38.8 Å². The highest BCUT2D eigenvalue weighted by Crippen LogP contribution is 2.22. The number of Topliss-reactive ketones (excluding diaryl/α,β-unsaturated/α-hetero) is 1. The van der Waals surface area contributed by atoms with Gasteiger partial charge in [-0.05, 0) is 26.2 Å². The molecule has 0 radical (unpaired) electrons. The van der Waals surface area contributed by atoms with Crippen LogP contribution in [0.1, 0.15) is 58.8 Å². The normalized spacial score (nSPS) is 22.0. The Morgan fingerprint density at radius 1 is 0.732 bits per heavy atom. The van der Waals surface area contributed by atoms with Crippen molar-refractivity contribution in [2.75, 3.05) is 46.1 Å². The second kappa shape index (κ2) is 21.1. The summed E-state index contributed by atoms with van der Waals surface area (Å²) in [4.78, 5) is 57.7. The molecule has 0 aromatic rings. The van der Waals surface area contributed by atoms with Gasteiger partial charge in [-0.2, -0.15) is 0 Å². The number of amides is 4. The van der Waals surface area contributed by atoms with Crippen LogP contribution < -0.4 is 21.3 Å². The van der Waals surface area contributed by atoms with Crippen molar-refractivity contribution in [2.45, 2.75) is 89.4 Å². The van der Waals surface area contributed by atoms with Crippen LogP contribution in [0.15, 0.2) is 0 Å². The Balaban J connectivity index is 2.06. The number of aliphatic hydroxyl groups excluding tert-OH is 3. The van der Waals surface area contributed by atoms with Gasteiger partial charge in [0.05, 0.1) is 26.4 Å². The quantitative estimate of drug-likeness (QED) is 0.0700. The molecular weight excluding hydrogens is 544 g/mol. The molecule has 5 atom stereocenters. The molecule has 1 fully saturated rings. The van der Waals surface area contributed by atoms with Crippen molar-refractivity contribution < 1.29 is 53.5 Å². The van der Waals surface area contributed by atoms with E-state index < -0.39 is 43.2 Å². The summed E-state index contributed by atoms with van der Waals surface area (Å²) in [6, 6.07) is -1.03. The molecule has 41 heavy (non-hydrogen) atoms. The number of rotatable bonds is 21. The minimum absolute atomic E-state index is 0.0306. The second-order valence-electron chi connectivity index (χ2n) is 9.73. The monoisotopic (exact) mass is 590 g/mol. The Hall–Kier alpha value is -2.69. The number of aliphatic hydroxyl groups is 3. The summed E-state index contributed by atoms with van der Waals surface area (Å²) in [5.41, 5.74) is 0. The molecule has 0 saturated carbocycles. The van der Waals surface area contributed by atoms with Crippen molar-refractivity contribution in [3.05, 3.63) is 0 Å². The van der Waals surface area contributed by atoms with Gasteiger partial charge in [-0.1, -0.05) is 0 Å². The third kappa shape index (κ3) is 16.4. The summed E-state index contributed by atoms with van der Waals surface area (Å²) in [5.74, 6) is -0.891. The second-order valence-corrected chi connectivity index (χ2v) is 9.73. The zero-order chi connectivity index (χ0) is 30.6. The topological polar surface area (TPSA) is 222 Å². The maximum absolute atomic E-state index is 11.9. The van der Waals surface area contributed by atoms with Crippen LogP contribution in [0.5, 0.6) is 0 Å². The Morgan fingerprint density at radius 2 is 1.29 bits per heavy atom. The third-order valence-electron chi connectivity index (χ3n) is 6.07. The van der Waals surface area contributed by atoms with Crippen LogP contribution in [0.3, 0.4) is 0 Å². The highest BCUT2D eigenvalue weighted by Gasteiger charge is 2.45. The highest BCUT2D eigenvalue weighted by atomic mass is 16.7. The number of carbonyl (C=O) groups is 5. The Bertz CT molecular complexity index is 829. The van der Waals surface area contributed by atoms with Crippen molar-refractivity contribution in [1.82, 2.24) is 21.3 Å². The fourth-order valence-electron chi connectivity index (χ4n) is 3.92. The van der Waals surface area contributed by atoms with E-state index in [2.05, 4.69) is 21.3 Å². The fourth-order valence-corrected chi connectivity index (χ4v) is 3.92. The average Bonchev–Trinajstić information content (AvgIpc) is 2.91. The lowest BCUT2D eigenvalue weighted by Gasteiger charge is -2.42. The molecule has 0 bridgehead atoms. The van der Waals surface area contributed by atoms with Crippen LogP contribution in [0, 0.1) is 0 Å². The maximum atomic E-state index is 11.9. The molecule has 0 spiro atoms. The van der Waals surface area contributed by atoms with Crippen molar-refractivity contribution in [3.63, 3.8) is 0 Å². The molecule has 7 N–H and O–H groups in total. The predicted molar refractivity (Wildman–Crippen MR) is 144 cm³/mol. The van der Waals surface area contributed by atoms with Gasteiger partial charge in [-0.25, -0.2) is 0 Å². The lowest BCUT2D eigenvalue weighted by atomic mass is 9.97. The van der Waals surface area contributed by atoms with Crippen molar-refractivity contribution in [3.8, 4) is 0 Å². The molecule has 0 aromatic heterocycles. The summed E-state index contributed by atoms with van der Waals surface area (Å²) in [6.07, 6.45) is -2.34. The lowest BCUT2D eigenvalue weighted by molar-refractivity contribution is -0.272. The minimum atomic E-state index is -1.39. The smallest absolute Gasteiger partial charge is 0.220 e. The average molecular weight is 591 g/mol. The molecule has 0 aliphatic carbocycles. The molecule has 1 saturated heterocycles. The molecule has 1 rings (SSSR count). The van der Waals surface area contributed by atoms with Gasteiger partial charge in [-0.15, -0.1) is 0 Å². The van der Waals surface area contributed by atoms with Crippen LogP contribution in [0.4, 0.5) is 0 Å². The lowest BCUT2D eigenvalue weighted by Crippen LogP contribution is -2.64. The molecule has 0 aromatic carbocycles. The summed E-state index contributed by atoms with van der Waals surface area (Å²) in [5, 5.41) is 40.2. The van der Waals surface area contributed by atoms with E-state index in [-0.39, 0.29) is 69.1 Å². The van der Waals surface area contributed by atoms with E-state index in [9.17, 15) is 39.3 Å². The van der Waals surface area contributed by atoms with E-state index in [0.717, 1.165) is 0 Å². The summed E-state index contributed by atoms with van der Waals surface area (Å²) >= 11 is 0. The van der Waals surface area contributed by atoms with Crippen molar-refractivity contribution >= 4 is 29.4 Å². The number of ketones is 1. The number of hydrogen-bond acceptors (Lipinski definition) is 11. The zero-order valence-electron chi connectivity index (χ0n) is 23.9. The molecule has 15 heteroatoms. The molecular formula is C26H46N4O11. The van der Waals surface area contributed by atoms with E-state index in [1.165, 1.54) is 13.8 Å². The predicted octanol–water partition coefficient (Wildman–Crippen LogP) is -2.37. The maximum Gasteiger partial charge on any atom is 0.220 e. The summed E-state index contributed by atoms with van der Waals surface area (Å²) in [6.45, 7) is 3.55. The van der Waals surface area contributed by atoms with Gasteiger partial charge in [0.25, 0.3) is 0 Å². The van der Waals surface area contributed by atoms with E-state index in [4.69, 9.17) is 14.2 Å². The number of carbonyl (C=O) groups excluding carboxylic acids is 5. The number of hydrogen-bond donors (Lipinski definition) is 7. The van der Waals surface area contributed by atoms with Crippen LogP contribution >= 0.6 is 0 Å². The van der Waals surface area contributed by atoms with Crippen molar-refractivity contribution in [1.29, 1.82) is 0 Å². The molecule has 15 nitrogen and oxygen atoms in total. The largest absolute Gasteiger partial charge is 0.394 e. The van der Waals surface area contributed by atoms with Gasteiger partial charge < -0.3 is 55.6 Å². The first-order chi connectivity index (χ1) is 19.5. The minimum Gasteiger partial charge on any atom is -0.394 e. The Labute approximate surface area is 240 Å². The first-order valence-electron chi connectivity index (χ1n) is 13.9. The van der Waals surface area contributed by atoms with E-state index >= 15 is 0 Å². The van der Waals surface area contributed by atoms with Gasteiger partial charge in [0.1, 0.15) is 30.1 Å². The third-order valence-corrected chi connectivity index (χ3v) is 6.07. The van der Waals surface area contributed by atoms with Gasteiger partial charge in [-0.3, -0.25) is 19.2 Å². The van der Waals surface area contributed by atoms with Gasteiger partial charge in [0, 0.05) is 52.2 Å². The number of ether oxygens (including phenoxy) is 3. The summed E-state index contributed by atoms with van der Waals surface area (Å²) in [7, 11) is 0. The van der Waals surface area contributed by atoms with Crippen LogP contribution in [0.25, 0.3) is 0 Å². The van der Waals surface area contributed by atoms with Crippen LogP contribution in [-0.2, 0) is 38.2 Å². The van der Waals surface area contributed by atoms with Gasteiger partial charge in [0.15, 0.2) is 6.29 Å². The first-order valence-corrected chi connectivity index (χ1v) is 13.9. The molecule has 1 heterocycles. The van der Waals surface area contributed by atoms with E-state index in [1.54, 1.807) is 0 Å². The Morgan fingerprint density at radius 3 is 1.83 bits per heavy atom. The molecule has 1 aliphatic heterocycles. The first kappa shape index (κ1) is 36.3. The van der Waals surface area contributed by atoms with E-state index in [1.807, 2.05) is 0 Å². The number of nitrogens with one attached hydrogen (secondary N) is 4. The van der Waals surface area contributed by atoms with Crippen LogP contribution in [0.2, 0.25) is 0 Å². The molecule has 236 valence electrons. The summed E-state index contributed by atoms with van der Waals surface area (Å²) < 4.78 is 16.4. The van der Waals surface area contributed by atoms with Gasteiger partial charge >= 0.3 is 0 Å². The van der Waals surface area contributed by atoms with Crippen molar-refractivity contribution in [2.24, 2.45) is 0 Å². The SMILES string of the molecule is CC(=O)CCCC(=O)NCCCC(=O)NCCCC(=O)NCCOCCOC1OC(CO)C(O)C(O)C1NC(C)=O. The fraction of sp³-hybridized carbons (Fsp3) is 0.808. The molecule has 1 aliphatic rings. The molecule has 5 unspecified atom stereocenters. The Kier molecular flexibility index (Phi) is 18.7. The standard InChI is InChI=1S/C26H46N4O11/c1-17(32)6-3-7-20(34)27-10-4-8-21(35)28-11-5-9-22(36)29-12-13-39-14-15-40-26-23(30-18(2)33)25(38)24(37)19(16-31)41-26/h19,23-26,31,37-38H,3-16H2,1-2H3,(H,27,34)(H,28,35)(H,29,36)(H,30,33).